The van der Waals surface area contributed by atoms with Gasteiger partial charge in [0.2, 0.25) is 5.91 Å². The summed E-state index contributed by atoms with van der Waals surface area (Å²) in [5.41, 5.74) is 7.43. The van der Waals surface area contributed by atoms with Crippen molar-refractivity contribution in [3.8, 4) is 0 Å². The molecule has 1 aromatic heterocycles. The van der Waals surface area contributed by atoms with Crippen LogP contribution in [0.4, 0.5) is 0 Å². The van der Waals surface area contributed by atoms with Crippen LogP contribution in [0.2, 0.25) is 0 Å². The molecule has 0 radical (unpaired) electrons. The molecule has 0 aromatic carbocycles. The van der Waals surface area contributed by atoms with Gasteiger partial charge in [-0.2, -0.15) is 0 Å². The molecule has 2 aliphatic heterocycles. The number of carbonyl (C=O) groups excluding carboxylic acids is 1. The Kier molecular flexibility index (Phi) is 5.88. The van der Waals surface area contributed by atoms with E-state index in [1.807, 2.05) is 16.2 Å². The quantitative estimate of drug-likeness (QED) is 0.911. The molecular formula is C16H26ClN3OS. The molecule has 2 N–H and O–H groups in total. The monoisotopic (exact) mass is 343 g/mol. The standard InChI is InChI=1S/C16H25N3OS.ClH/c1-16(11-17)5-8-18(12-16)6-3-15(20)19-7-2-14-13(10-19)4-9-21-14;/h4,9H,2-3,5-8,10-12,17H2,1H3;1H. The lowest BCUT2D eigenvalue weighted by Gasteiger charge is -2.28. The van der Waals surface area contributed by atoms with Crippen LogP contribution in [0.3, 0.4) is 0 Å². The summed E-state index contributed by atoms with van der Waals surface area (Å²) in [7, 11) is 0. The second kappa shape index (κ2) is 7.30. The summed E-state index contributed by atoms with van der Waals surface area (Å²) in [6, 6.07) is 2.16. The minimum atomic E-state index is 0. The van der Waals surface area contributed by atoms with Crippen LogP contribution in [0.25, 0.3) is 0 Å². The number of carbonyl (C=O) groups is 1. The van der Waals surface area contributed by atoms with Crippen molar-refractivity contribution in [1.29, 1.82) is 0 Å². The summed E-state index contributed by atoms with van der Waals surface area (Å²) >= 11 is 1.82. The van der Waals surface area contributed by atoms with E-state index in [2.05, 4.69) is 23.3 Å². The molecule has 0 aliphatic carbocycles. The number of thiophene rings is 1. The third kappa shape index (κ3) is 3.82. The van der Waals surface area contributed by atoms with E-state index >= 15 is 0 Å². The minimum Gasteiger partial charge on any atom is -0.338 e. The molecule has 0 spiro atoms. The van der Waals surface area contributed by atoms with E-state index in [1.165, 1.54) is 10.4 Å². The zero-order valence-corrected chi connectivity index (χ0v) is 14.8. The molecular weight excluding hydrogens is 318 g/mol. The number of hydrogen-bond acceptors (Lipinski definition) is 4. The molecule has 3 heterocycles. The first-order valence-corrected chi connectivity index (χ1v) is 8.73. The maximum absolute atomic E-state index is 12.4. The molecule has 4 nitrogen and oxygen atoms in total. The van der Waals surface area contributed by atoms with Crippen molar-refractivity contribution in [3.63, 3.8) is 0 Å². The van der Waals surface area contributed by atoms with Gasteiger partial charge in [0.1, 0.15) is 0 Å². The van der Waals surface area contributed by atoms with Gasteiger partial charge in [0.15, 0.2) is 0 Å². The first-order valence-electron chi connectivity index (χ1n) is 7.85. The van der Waals surface area contributed by atoms with E-state index in [1.54, 1.807) is 0 Å². The summed E-state index contributed by atoms with van der Waals surface area (Å²) in [5.74, 6) is 0.299. The number of nitrogens with zero attached hydrogens (tertiary/aromatic N) is 2. The maximum Gasteiger partial charge on any atom is 0.224 e. The third-order valence-corrected chi connectivity index (χ3v) is 5.95. The molecule has 1 unspecified atom stereocenters. The molecule has 124 valence electrons. The SMILES string of the molecule is CC1(CN)CCN(CCC(=O)N2CCc3sccc3C2)C1.Cl. The van der Waals surface area contributed by atoms with E-state index in [4.69, 9.17) is 5.73 Å². The van der Waals surface area contributed by atoms with E-state index in [0.717, 1.165) is 52.1 Å². The lowest BCUT2D eigenvalue weighted by molar-refractivity contribution is -0.132. The van der Waals surface area contributed by atoms with Crippen LogP contribution in [-0.2, 0) is 17.8 Å². The highest BCUT2D eigenvalue weighted by Crippen LogP contribution is 2.29. The molecule has 2 aliphatic rings. The van der Waals surface area contributed by atoms with Gasteiger partial charge < -0.3 is 15.5 Å². The Morgan fingerprint density at radius 1 is 1.45 bits per heavy atom. The largest absolute Gasteiger partial charge is 0.338 e. The van der Waals surface area contributed by atoms with Gasteiger partial charge in [-0.25, -0.2) is 0 Å². The fraction of sp³-hybridized carbons (Fsp3) is 0.688. The topological polar surface area (TPSA) is 49.6 Å². The van der Waals surface area contributed by atoms with Gasteiger partial charge in [-0.3, -0.25) is 4.79 Å². The van der Waals surface area contributed by atoms with Crippen LogP contribution in [0.1, 0.15) is 30.2 Å². The Morgan fingerprint density at radius 3 is 3.00 bits per heavy atom. The van der Waals surface area contributed by atoms with Gasteiger partial charge in [0.25, 0.3) is 0 Å². The number of halogens is 1. The highest BCUT2D eigenvalue weighted by atomic mass is 35.5. The average molecular weight is 344 g/mol. The average Bonchev–Trinajstić information content (AvgIpc) is 3.11. The number of hydrogen-bond donors (Lipinski definition) is 1. The molecule has 1 amide bonds. The normalized spacial score (nSPS) is 24.9. The molecule has 3 rings (SSSR count). The van der Waals surface area contributed by atoms with Crippen molar-refractivity contribution >= 4 is 29.7 Å². The summed E-state index contributed by atoms with van der Waals surface area (Å²) in [4.78, 5) is 18.3. The Labute approximate surface area is 143 Å². The Hall–Kier alpha value is -0.620. The second-order valence-electron chi connectivity index (χ2n) is 6.73. The fourth-order valence-corrected chi connectivity index (χ4v) is 4.25. The molecule has 0 bridgehead atoms. The summed E-state index contributed by atoms with van der Waals surface area (Å²) in [6.45, 7) is 7.66. The van der Waals surface area contributed by atoms with Crippen LogP contribution in [0, 0.1) is 5.41 Å². The van der Waals surface area contributed by atoms with Crippen LogP contribution in [-0.4, -0.2) is 48.4 Å². The number of nitrogens with two attached hydrogens (primary N) is 1. The van der Waals surface area contributed by atoms with Crippen molar-refractivity contribution in [3.05, 3.63) is 21.9 Å². The van der Waals surface area contributed by atoms with E-state index < -0.39 is 0 Å². The van der Waals surface area contributed by atoms with Gasteiger partial charge in [-0.05, 0) is 48.4 Å². The lowest BCUT2D eigenvalue weighted by atomic mass is 9.90. The van der Waals surface area contributed by atoms with Crippen molar-refractivity contribution in [2.75, 3.05) is 32.7 Å². The molecule has 1 aromatic rings. The minimum absolute atomic E-state index is 0. The van der Waals surface area contributed by atoms with Crippen molar-refractivity contribution in [2.45, 2.75) is 32.7 Å². The third-order valence-electron chi connectivity index (χ3n) is 4.93. The summed E-state index contributed by atoms with van der Waals surface area (Å²) in [5, 5.41) is 2.14. The second-order valence-corrected chi connectivity index (χ2v) is 7.73. The van der Waals surface area contributed by atoms with E-state index in [9.17, 15) is 4.79 Å². The van der Waals surface area contributed by atoms with Gasteiger partial charge in [-0.1, -0.05) is 6.92 Å². The number of fused-ring (bicyclic) bond motifs is 1. The summed E-state index contributed by atoms with van der Waals surface area (Å²) < 4.78 is 0. The highest BCUT2D eigenvalue weighted by molar-refractivity contribution is 7.10. The Balaban J connectivity index is 0.00000176. The van der Waals surface area contributed by atoms with Crippen molar-refractivity contribution in [1.82, 2.24) is 9.80 Å². The first-order chi connectivity index (χ1) is 10.1. The zero-order chi connectivity index (χ0) is 14.9. The lowest BCUT2D eigenvalue weighted by Crippen LogP contribution is -2.38. The van der Waals surface area contributed by atoms with Crippen LogP contribution >= 0.6 is 23.7 Å². The number of rotatable bonds is 4. The molecule has 1 fully saturated rings. The van der Waals surface area contributed by atoms with Gasteiger partial charge in [0.05, 0.1) is 0 Å². The predicted octanol–water partition coefficient (Wildman–Crippen LogP) is 2.12. The highest BCUT2D eigenvalue weighted by Gasteiger charge is 2.32. The Bertz CT molecular complexity index is 521. The van der Waals surface area contributed by atoms with Crippen LogP contribution < -0.4 is 5.73 Å². The zero-order valence-electron chi connectivity index (χ0n) is 13.2. The molecule has 1 saturated heterocycles. The molecule has 6 heteroatoms. The smallest absolute Gasteiger partial charge is 0.224 e. The van der Waals surface area contributed by atoms with Crippen LogP contribution in [0.5, 0.6) is 0 Å². The summed E-state index contributed by atoms with van der Waals surface area (Å²) in [6.07, 6.45) is 2.81. The number of likely N-dealkylation sites (tertiary alicyclic amines) is 1. The van der Waals surface area contributed by atoms with Gasteiger partial charge in [-0.15, -0.1) is 23.7 Å². The van der Waals surface area contributed by atoms with Crippen LogP contribution in [0.15, 0.2) is 11.4 Å². The van der Waals surface area contributed by atoms with E-state index in [-0.39, 0.29) is 17.8 Å². The first kappa shape index (κ1) is 17.7. The predicted molar refractivity (Wildman–Crippen MR) is 93.5 cm³/mol. The van der Waals surface area contributed by atoms with Gasteiger partial charge in [0, 0.05) is 37.5 Å². The van der Waals surface area contributed by atoms with E-state index in [0.29, 0.717) is 12.3 Å². The van der Waals surface area contributed by atoms with Crippen molar-refractivity contribution < 1.29 is 4.79 Å². The van der Waals surface area contributed by atoms with Crippen molar-refractivity contribution in [2.24, 2.45) is 11.1 Å². The molecule has 1 atom stereocenters. The maximum atomic E-state index is 12.4. The Morgan fingerprint density at radius 2 is 2.27 bits per heavy atom. The van der Waals surface area contributed by atoms with Gasteiger partial charge >= 0.3 is 0 Å². The molecule has 22 heavy (non-hydrogen) atoms. The molecule has 0 saturated carbocycles. The number of amides is 1. The fourth-order valence-electron chi connectivity index (χ4n) is 3.36.